The van der Waals surface area contributed by atoms with E-state index in [1.165, 1.54) is 6.07 Å². The molecule has 0 spiro atoms. The highest BCUT2D eigenvalue weighted by Gasteiger charge is 2.04. The molecule has 0 fully saturated rings. The van der Waals surface area contributed by atoms with Crippen molar-refractivity contribution in [1.82, 2.24) is 0 Å². The number of ether oxygens (including phenoxy) is 1. The van der Waals surface area contributed by atoms with E-state index < -0.39 is 0 Å². The predicted octanol–water partition coefficient (Wildman–Crippen LogP) is 2.98. The molecule has 0 aliphatic carbocycles. The van der Waals surface area contributed by atoms with Gasteiger partial charge in [0, 0.05) is 12.5 Å². The van der Waals surface area contributed by atoms with Gasteiger partial charge in [-0.2, -0.15) is 0 Å². The first-order valence-electron chi connectivity index (χ1n) is 6.19. The molecule has 0 bridgehead atoms. The number of benzene rings is 1. The third kappa shape index (κ3) is 4.77. The summed E-state index contributed by atoms with van der Waals surface area (Å²) < 4.78 is 19.1. The highest BCUT2D eigenvalue weighted by molar-refractivity contribution is 5.39. The lowest BCUT2D eigenvalue weighted by Gasteiger charge is -2.11. The average Bonchev–Trinajstić information content (AvgIpc) is 2.38. The summed E-state index contributed by atoms with van der Waals surface area (Å²) in [5.74, 6) is 5.96. The van der Waals surface area contributed by atoms with Gasteiger partial charge in [0.2, 0.25) is 0 Å². The standard InChI is InChI=1S/C15H19FO2/c1-3-12(2)11-18-14-8-7-13(15(16)10-14)6-4-5-9-17/h7-8,10,12,17H,3,5,9,11H2,1-2H3. The maximum atomic E-state index is 13.6. The Balaban J connectivity index is 2.65. The van der Waals surface area contributed by atoms with Gasteiger partial charge in [0.05, 0.1) is 18.8 Å². The van der Waals surface area contributed by atoms with Crippen molar-refractivity contribution in [2.75, 3.05) is 13.2 Å². The van der Waals surface area contributed by atoms with Gasteiger partial charge in [-0.1, -0.05) is 32.1 Å². The summed E-state index contributed by atoms with van der Waals surface area (Å²) >= 11 is 0. The largest absolute Gasteiger partial charge is 0.493 e. The van der Waals surface area contributed by atoms with Crippen LogP contribution in [-0.4, -0.2) is 18.3 Å². The van der Waals surface area contributed by atoms with Crippen LogP contribution >= 0.6 is 0 Å². The smallest absolute Gasteiger partial charge is 0.142 e. The summed E-state index contributed by atoms with van der Waals surface area (Å²) in [7, 11) is 0. The molecular weight excluding hydrogens is 231 g/mol. The highest BCUT2D eigenvalue weighted by atomic mass is 19.1. The van der Waals surface area contributed by atoms with Crippen LogP contribution in [0, 0.1) is 23.6 Å². The number of halogens is 1. The quantitative estimate of drug-likeness (QED) is 0.814. The Hall–Kier alpha value is -1.53. The molecule has 1 N–H and O–H groups in total. The lowest BCUT2D eigenvalue weighted by molar-refractivity contribution is 0.255. The predicted molar refractivity (Wildman–Crippen MR) is 69.9 cm³/mol. The lowest BCUT2D eigenvalue weighted by atomic mass is 10.1. The van der Waals surface area contributed by atoms with Gasteiger partial charge in [-0.3, -0.25) is 0 Å². The Morgan fingerprint density at radius 3 is 2.83 bits per heavy atom. The van der Waals surface area contributed by atoms with E-state index in [9.17, 15) is 4.39 Å². The van der Waals surface area contributed by atoms with Crippen LogP contribution in [-0.2, 0) is 0 Å². The van der Waals surface area contributed by atoms with E-state index in [-0.39, 0.29) is 12.4 Å². The molecule has 0 heterocycles. The Labute approximate surface area is 108 Å². The molecule has 1 aromatic rings. The van der Waals surface area contributed by atoms with Crippen LogP contribution < -0.4 is 4.74 Å². The Bertz CT molecular complexity index is 432. The van der Waals surface area contributed by atoms with Crippen molar-refractivity contribution in [2.45, 2.75) is 26.7 Å². The van der Waals surface area contributed by atoms with Crippen molar-refractivity contribution in [3.8, 4) is 17.6 Å². The molecule has 98 valence electrons. The van der Waals surface area contributed by atoms with Crippen LogP contribution in [0.3, 0.4) is 0 Å². The van der Waals surface area contributed by atoms with Crippen molar-refractivity contribution in [3.63, 3.8) is 0 Å². The Morgan fingerprint density at radius 2 is 2.22 bits per heavy atom. The zero-order valence-corrected chi connectivity index (χ0v) is 10.9. The van der Waals surface area contributed by atoms with Crippen molar-refractivity contribution >= 4 is 0 Å². The fourth-order valence-electron chi connectivity index (χ4n) is 1.26. The Kier molecular flexibility index (Phi) is 6.24. The maximum Gasteiger partial charge on any atom is 0.142 e. The second-order valence-corrected chi connectivity index (χ2v) is 4.24. The van der Waals surface area contributed by atoms with Crippen molar-refractivity contribution in [3.05, 3.63) is 29.6 Å². The van der Waals surface area contributed by atoms with Crippen LogP contribution in [0.5, 0.6) is 5.75 Å². The van der Waals surface area contributed by atoms with Gasteiger partial charge in [-0.25, -0.2) is 4.39 Å². The van der Waals surface area contributed by atoms with Crippen molar-refractivity contribution in [2.24, 2.45) is 5.92 Å². The minimum Gasteiger partial charge on any atom is -0.493 e. The van der Waals surface area contributed by atoms with Crippen molar-refractivity contribution < 1.29 is 14.2 Å². The SMILES string of the molecule is CCC(C)COc1ccc(C#CCCO)c(F)c1. The number of rotatable bonds is 5. The molecule has 0 saturated heterocycles. The summed E-state index contributed by atoms with van der Waals surface area (Å²) in [5.41, 5.74) is 0.333. The summed E-state index contributed by atoms with van der Waals surface area (Å²) in [6, 6.07) is 4.67. The molecule has 18 heavy (non-hydrogen) atoms. The average molecular weight is 250 g/mol. The highest BCUT2D eigenvalue weighted by Crippen LogP contribution is 2.17. The summed E-state index contributed by atoms with van der Waals surface area (Å²) in [6.07, 6.45) is 1.39. The van der Waals surface area contributed by atoms with Crippen LogP contribution in [0.4, 0.5) is 4.39 Å². The van der Waals surface area contributed by atoms with Gasteiger partial charge in [0.1, 0.15) is 11.6 Å². The molecule has 0 aliphatic heterocycles. The monoisotopic (exact) mass is 250 g/mol. The van der Waals surface area contributed by atoms with Crippen LogP contribution in [0.15, 0.2) is 18.2 Å². The van der Waals surface area contributed by atoms with E-state index in [0.717, 1.165) is 6.42 Å². The molecule has 0 radical (unpaired) electrons. The summed E-state index contributed by atoms with van der Waals surface area (Å²) in [6.45, 7) is 4.76. The zero-order chi connectivity index (χ0) is 13.4. The fraction of sp³-hybridized carbons (Fsp3) is 0.467. The van der Waals surface area contributed by atoms with Crippen LogP contribution in [0.25, 0.3) is 0 Å². The van der Waals surface area contributed by atoms with Crippen LogP contribution in [0.2, 0.25) is 0 Å². The third-order valence-electron chi connectivity index (χ3n) is 2.63. The number of aliphatic hydroxyl groups is 1. The molecule has 0 saturated carbocycles. The first kappa shape index (κ1) is 14.5. The van der Waals surface area contributed by atoms with Gasteiger partial charge < -0.3 is 9.84 Å². The van der Waals surface area contributed by atoms with Gasteiger partial charge in [0.25, 0.3) is 0 Å². The molecule has 1 unspecified atom stereocenters. The molecule has 0 amide bonds. The topological polar surface area (TPSA) is 29.5 Å². The Morgan fingerprint density at radius 1 is 1.44 bits per heavy atom. The van der Waals surface area contributed by atoms with E-state index in [2.05, 4.69) is 25.7 Å². The minimum atomic E-state index is -0.387. The number of hydrogen-bond acceptors (Lipinski definition) is 2. The molecule has 2 nitrogen and oxygen atoms in total. The summed E-state index contributed by atoms with van der Waals surface area (Å²) in [5, 5.41) is 8.59. The second-order valence-electron chi connectivity index (χ2n) is 4.24. The minimum absolute atomic E-state index is 0.00921. The molecule has 1 aromatic carbocycles. The van der Waals surface area contributed by atoms with E-state index >= 15 is 0 Å². The molecule has 1 atom stereocenters. The van der Waals surface area contributed by atoms with Crippen molar-refractivity contribution in [1.29, 1.82) is 0 Å². The van der Waals surface area contributed by atoms with Crippen LogP contribution in [0.1, 0.15) is 32.3 Å². The normalized spacial score (nSPS) is 11.6. The molecule has 3 heteroatoms. The molecule has 1 rings (SSSR count). The van der Waals surface area contributed by atoms with E-state index in [1.807, 2.05) is 0 Å². The zero-order valence-electron chi connectivity index (χ0n) is 10.9. The van der Waals surface area contributed by atoms with Gasteiger partial charge in [-0.05, 0) is 18.1 Å². The van der Waals surface area contributed by atoms with Gasteiger partial charge >= 0.3 is 0 Å². The maximum absolute atomic E-state index is 13.6. The summed E-state index contributed by atoms with van der Waals surface area (Å²) in [4.78, 5) is 0. The van der Waals surface area contributed by atoms with Gasteiger partial charge in [0.15, 0.2) is 0 Å². The van der Waals surface area contributed by atoms with Gasteiger partial charge in [-0.15, -0.1) is 0 Å². The molecule has 0 aliphatic rings. The molecule has 0 aromatic heterocycles. The third-order valence-corrected chi connectivity index (χ3v) is 2.63. The van der Waals surface area contributed by atoms with E-state index in [0.29, 0.717) is 30.3 Å². The number of aliphatic hydroxyl groups excluding tert-OH is 1. The second kappa shape index (κ2) is 7.73. The fourth-order valence-corrected chi connectivity index (χ4v) is 1.26. The van der Waals surface area contributed by atoms with E-state index in [1.54, 1.807) is 12.1 Å². The lowest BCUT2D eigenvalue weighted by Crippen LogP contribution is -2.07. The number of hydrogen-bond donors (Lipinski definition) is 1. The first-order chi connectivity index (χ1) is 8.67. The molecular formula is C15H19FO2. The van der Waals surface area contributed by atoms with E-state index in [4.69, 9.17) is 9.84 Å². The first-order valence-corrected chi connectivity index (χ1v) is 6.19.